The first-order valence-corrected chi connectivity index (χ1v) is 7.20. The van der Waals surface area contributed by atoms with Crippen LogP contribution in [0.1, 0.15) is 0 Å². The molecule has 1 aliphatic rings. The molecule has 0 aliphatic carbocycles. The number of aromatic nitrogens is 2. The molecule has 2 rings (SSSR count). The summed E-state index contributed by atoms with van der Waals surface area (Å²) in [6.45, 7) is 2.14. The topological polar surface area (TPSA) is 87.5 Å². The number of nitrogens with one attached hydrogen (secondary N) is 1. The van der Waals surface area contributed by atoms with Crippen molar-refractivity contribution in [2.75, 3.05) is 40.3 Å². The SMILES string of the molecule is CNC(=O)C1CN(C)CCN(C(=O)Cn2cccnc2=O)C1. The molecular weight excluding hydrogens is 286 g/mol. The Morgan fingerprint density at radius 3 is 2.82 bits per heavy atom. The minimum Gasteiger partial charge on any atom is -0.359 e. The van der Waals surface area contributed by atoms with Gasteiger partial charge in [0, 0.05) is 45.6 Å². The lowest BCUT2D eigenvalue weighted by Gasteiger charge is -2.23. The van der Waals surface area contributed by atoms with Gasteiger partial charge in [0.2, 0.25) is 11.8 Å². The summed E-state index contributed by atoms with van der Waals surface area (Å²) in [6, 6.07) is 1.61. The molecule has 8 heteroatoms. The van der Waals surface area contributed by atoms with Crippen LogP contribution in [0.15, 0.2) is 23.3 Å². The molecule has 0 saturated carbocycles. The molecule has 1 fully saturated rings. The predicted octanol–water partition coefficient (Wildman–Crippen LogP) is -1.62. The Balaban J connectivity index is 2.09. The van der Waals surface area contributed by atoms with Gasteiger partial charge in [-0.05, 0) is 13.1 Å². The molecule has 1 atom stereocenters. The fourth-order valence-electron chi connectivity index (χ4n) is 2.52. The van der Waals surface area contributed by atoms with Gasteiger partial charge >= 0.3 is 5.69 Å². The molecule has 1 saturated heterocycles. The maximum atomic E-state index is 12.4. The van der Waals surface area contributed by atoms with E-state index in [4.69, 9.17) is 0 Å². The summed E-state index contributed by atoms with van der Waals surface area (Å²) < 4.78 is 1.27. The Morgan fingerprint density at radius 2 is 2.14 bits per heavy atom. The van der Waals surface area contributed by atoms with Crippen LogP contribution in [-0.4, -0.2) is 71.4 Å². The molecule has 1 unspecified atom stereocenters. The molecule has 0 radical (unpaired) electrons. The van der Waals surface area contributed by atoms with Crippen molar-refractivity contribution in [2.45, 2.75) is 6.54 Å². The highest BCUT2D eigenvalue weighted by Gasteiger charge is 2.28. The Hall–Kier alpha value is -2.22. The number of carbonyl (C=O) groups is 2. The standard InChI is InChI=1S/C14H21N5O3/c1-15-13(21)11-8-17(2)6-7-18(9-11)12(20)10-19-5-3-4-16-14(19)22/h3-5,11H,6-10H2,1-2H3,(H,15,21). The van der Waals surface area contributed by atoms with Crippen LogP contribution in [0.25, 0.3) is 0 Å². The normalized spacial score (nSPS) is 19.5. The third kappa shape index (κ3) is 3.91. The Labute approximate surface area is 128 Å². The second-order valence-electron chi connectivity index (χ2n) is 5.44. The Kier molecular flexibility index (Phi) is 5.26. The van der Waals surface area contributed by atoms with Crippen molar-refractivity contribution in [1.29, 1.82) is 0 Å². The minimum absolute atomic E-state index is 0.0587. The zero-order valence-corrected chi connectivity index (χ0v) is 12.9. The highest BCUT2D eigenvalue weighted by Crippen LogP contribution is 2.09. The van der Waals surface area contributed by atoms with Crippen LogP contribution in [0.4, 0.5) is 0 Å². The van der Waals surface area contributed by atoms with Crippen LogP contribution in [0.3, 0.4) is 0 Å². The van der Waals surface area contributed by atoms with Crippen molar-refractivity contribution < 1.29 is 9.59 Å². The van der Waals surface area contributed by atoms with Gasteiger partial charge < -0.3 is 15.1 Å². The van der Waals surface area contributed by atoms with Crippen molar-refractivity contribution in [1.82, 2.24) is 24.7 Å². The number of carbonyl (C=O) groups excluding carboxylic acids is 2. The quantitative estimate of drug-likeness (QED) is 0.725. The number of nitrogens with zero attached hydrogens (tertiary/aromatic N) is 4. The molecule has 1 aromatic heterocycles. The van der Waals surface area contributed by atoms with Crippen LogP contribution in [0, 0.1) is 5.92 Å². The maximum absolute atomic E-state index is 12.4. The van der Waals surface area contributed by atoms with Crippen LogP contribution in [-0.2, 0) is 16.1 Å². The number of rotatable bonds is 3. The maximum Gasteiger partial charge on any atom is 0.347 e. The van der Waals surface area contributed by atoms with E-state index in [2.05, 4.69) is 10.3 Å². The van der Waals surface area contributed by atoms with E-state index >= 15 is 0 Å². The summed E-state index contributed by atoms with van der Waals surface area (Å²) in [4.78, 5) is 43.2. The molecule has 0 aromatic carbocycles. The first-order chi connectivity index (χ1) is 10.5. The van der Waals surface area contributed by atoms with Gasteiger partial charge in [-0.15, -0.1) is 0 Å². The van der Waals surface area contributed by atoms with E-state index in [9.17, 15) is 14.4 Å². The molecule has 2 amide bonds. The molecule has 1 N–H and O–H groups in total. The molecule has 0 spiro atoms. The second kappa shape index (κ2) is 7.17. The summed E-state index contributed by atoms with van der Waals surface area (Å²) in [7, 11) is 3.52. The predicted molar refractivity (Wildman–Crippen MR) is 80.1 cm³/mol. The van der Waals surface area contributed by atoms with Gasteiger partial charge in [0.1, 0.15) is 6.54 Å². The van der Waals surface area contributed by atoms with Crippen molar-refractivity contribution in [3.63, 3.8) is 0 Å². The number of hydrogen-bond acceptors (Lipinski definition) is 5. The average molecular weight is 307 g/mol. The lowest BCUT2D eigenvalue weighted by molar-refractivity contribution is -0.133. The smallest absolute Gasteiger partial charge is 0.347 e. The molecule has 2 heterocycles. The van der Waals surface area contributed by atoms with Crippen LogP contribution in [0.5, 0.6) is 0 Å². The van der Waals surface area contributed by atoms with Crippen LogP contribution >= 0.6 is 0 Å². The third-order valence-corrected chi connectivity index (χ3v) is 3.78. The van der Waals surface area contributed by atoms with E-state index in [1.165, 1.54) is 17.0 Å². The summed E-state index contributed by atoms with van der Waals surface area (Å²) in [6.07, 6.45) is 2.93. The zero-order chi connectivity index (χ0) is 16.1. The van der Waals surface area contributed by atoms with Crippen molar-refractivity contribution in [3.05, 3.63) is 28.9 Å². The Bertz CT molecular complexity index is 600. The number of likely N-dealkylation sites (N-methyl/N-ethyl adjacent to an activating group) is 1. The van der Waals surface area contributed by atoms with Gasteiger partial charge in [0.25, 0.3) is 0 Å². The largest absolute Gasteiger partial charge is 0.359 e. The van der Waals surface area contributed by atoms with E-state index in [0.717, 1.165) is 0 Å². The van der Waals surface area contributed by atoms with Gasteiger partial charge in [0.05, 0.1) is 5.92 Å². The summed E-state index contributed by atoms with van der Waals surface area (Å²) >= 11 is 0. The average Bonchev–Trinajstić information content (AvgIpc) is 2.70. The third-order valence-electron chi connectivity index (χ3n) is 3.78. The summed E-state index contributed by atoms with van der Waals surface area (Å²) in [5.74, 6) is -0.531. The molecule has 1 aromatic rings. The molecule has 120 valence electrons. The highest BCUT2D eigenvalue weighted by atomic mass is 16.2. The summed E-state index contributed by atoms with van der Waals surface area (Å²) in [5.41, 5.74) is -0.453. The van der Waals surface area contributed by atoms with E-state index < -0.39 is 5.69 Å². The van der Waals surface area contributed by atoms with Crippen LogP contribution < -0.4 is 11.0 Å². The first-order valence-electron chi connectivity index (χ1n) is 7.20. The molecule has 22 heavy (non-hydrogen) atoms. The van der Waals surface area contributed by atoms with E-state index in [1.807, 2.05) is 11.9 Å². The lowest BCUT2D eigenvalue weighted by atomic mass is 10.1. The van der Waals surface area contributed by atoms with Crippen molar-refractivity contribution >= 4 is 11.8 Å². The monoisotopic (exact) mass is 307 g/mol. The van der Waals surface area contributed by atoms with Gasteiger partial charge in [-0.25, -0.2) is 9.78 Å². The minimum atomic E-state index is -0.453. The van der Waals surface area contributed by atoms with E-state index in [1.54, 1.807) is 18.0 Å². The molecular formula is C14H21N5O3. The zero-order valence-electron chi connectivity index (χ0n) is 12.9. The lowest BCUT2D eigenvalue weighted by Crippen LogP contribution is -2.43. The van der Waals surface area contributed by atoms with E-state index in [0.29, 0.717) is 26.2 Å². The molecule has 1 aliphatic heterocycles. The van der Waals surface area contributed by atoms with Crippen LogP contribution in [0.2, 0.25) is 0 Å². The van der Waals surface area contributed by atoms with E-state index in [-0.39, 0.29) is 24.3 Å². The number of amides is 2. The van der Waals surface area contributed by atoms with Gasteiger partial charge in [-0.2, -0.15) is 0 Å². The number of hydrogen-bond donors (Lipinski definition) is 1. The first kappa shape index (κ1) is 16.2. The fraction of sp³-hybridized carbons (Fsp3) is 0.571. The fourth-order valence-corrected chi connectivity index (χ4v) is 2.52. The van der Waals surface area contributed by atoms with Gasteiger partial charge in [0.15, 0.2) is 0 Å². The second-order valence-corrected chi connectivity index (χ2v) is 5.44. The van der Waals surface area contributed by atoms with Crippen molar-refractivity contribution in [3.8, 4) is 0 Å². The van der Waals surface area contributed by atoms with Gasteiger partial charge in [-0.3, -0.25) is 14.2 Å². The molecule has 0 bridgehead atoms. The highest BCUT2D eigenvalue weighted by molar-refractivity contribution is 5.81. The summed E-state index contributed by atoms with van der Waals surface area (Å²) in [5, 5.41) is 2.63. The molecule has 8 nitrogen and oxygen atoms in total. The Morgan fingerprint density at radius 1 is 1.36 bits per heavy atom. The van der Waals surface area contributed by atoms with Gasteiger partial charge in [-0.1, -0.05) is 0 Å². The van der Waals surface area contributed by atoms with Crippen molar-refractivity contribution in [2.24, 2.45) is 5.92 Å².